The second-order valence-corrected chi connectivity index (χ2v) is 6.84. The highest BCUT2D eigenvalue weighted by atomic mass is 15.4. The molecular formula is C20H20N8. The zero-order chi connectivity index (χ0) is 18.9. The molecule has 0 unspecified atom stereocenters. The Morgan fingerprint density at radius 3 is 2.29 bits per heavy atom. The van der Waals surface area contributed by atoms with E-state index in [9.17, 15) is 0 Å². The summed E-state index contributed by atoms with van der Waals surface area (Å²) in [7, 11) is 0. The van der Waals surface area contributed by atoms with Gasteiger partial charge in [-0.25, -0.2) is 14.6 Å². The summed E-state index contributed by atoms with van der Waals surface area (Å²) in [6, 6.07) is 14.1. The van der Waals surface area contributed by atoms with Crippen molar-refractivity contribution in [1.29, 1.82) is 0 Å². The van der Waals surface area contributed by atoms with Crippen molar-refractivity contribution >= 4 is 22.5 Å². The molecule has 1 aliphatic heterocycles. The average molecular weight is 372 g/mol. The van der Waals surface area contributed by atoms with Crippen LogP contribution in [0.4, 0.5) is 11.6 Å². The fourth-order valence-corrected chi connectivity index (χ4v) is 3.54. The van der Waals surface area contributed by atoms with Gasteiger partial charge >= 0.3 is 0 Å². The number of anilines is 2. The van der Waals surface area contributed by atoms with Crippen molar-refractivity contribution in [2.24, 2.45) is 0 Å². The van der Waals surface area contributed by atoms with Crippen LogP contribution in [0.5, 0.6) is 0 Å². The Labute approximate surface area is 162 Å². The third-order valence-corrected chi connectivity index (χ3v) is 5.02. The van der Waals surface area contributed by atoms with Crippen molar-refractivity contribution in [3.63, 3.8) is 0 Å². The number of piperazine rings is 1. The maximum absolute atomic E-state index is 4.53. The van der Waals surface area contributed by atoms with E-state index in [1.807, 2.05) is 49.5 Å². The van der Waals surface area contributed by atoms with E-state index in [2.05, 4.69) is 41.1 Å². The molecule has 0 N–H and O–H groups in total. The van der Waals surface area contributed by atoms with Crippen LogP contribution < -0.4 is 9.80 Å². The molecule has 1 aromatic carbocycles. The second-order valence-electron chi connectivity index (χ2n) is 6.84. The van der Waals surface area contributed by atoms with E-state index >= 15 is 0 Å². The van der Waals surface area contributed by atoms with Gasteiger partial charge in [-0.2, -0.15) is 5.10 Å². The Bertz CT molecular complexity index is 1090. The number of aryl methyl sites for hydroxylation is 1. The summed E-state index contributed by atoms with van der Waals surface area (Å²) in [6.45, 7) is 5.45. The summed E-state index contributed by atoms with van der Waals surface area (Å²) in [5.41, 5.74) is 1.93. The van der Waals surface area contributed by atoms with Crippen molar-refractivity contribution < 1.29 is 0 Å². The summed E-state index contributed by atoms with van der Waals surface area (Å²) < 4.78 is 1.74. The predicted molar refractivity (Wildman–Crippen MR) is 108 cm³/mol. The molecule has 0 bridgehead atoms. The Hall–Kier alpha value is -3.55. The number of hydrogen-bond donors (Lipinski definition) is 0. The van der Waals surface area contributed by atoms with E-state index in [1.54, 1.807) is 11.0 Å². The second kappa shape index (κ2) is 6.88. The van der Waals surface area contributed by atoms with Crippen molar-refractivity contribution in [2.45, 2.75) is 6.92 Å². The number of fused-ring (bicyclic) bond motifs is 1. The summed E-state index contributed by atoms with van der Waals surface area (Å²) in [4.78, 5) is 13.5. The normalized spacial score (nSPS) is 14.6. The standard InChI is InChI=1S/C20H20N8/c1-15-8-9-28(25-15)19-7-6-18(23-24-19)26-10-12-27(13-11-26)20-16-4-2-3-5-17(16)21-14-22-20/h2-9,14H,10-13H2,1H3. The van der Waals surface area contributed by atoms with Gasteiger partial charge in [0.15, 0.2) is 11.6 Å². The minimum Gasteiger partial charge on any atom is -0.352 e. The van der Waals surface area contributed by atoms with E-state index in [0.29, 0.717) is 0 Å². The van der Waals surface area contributed by atoms with Gasteiger partial charge in [0.25, 0.3) is 0 Å². The third-order valence-electron chi connectivity index (χ3n) is 5.02. The Morgan fingerprint density at radius 2 is 1.54 bits per heavy atom. The smallest absolute Gasteiger partial charge is 0.175 e. The van der Waals surface area contributed by atoms with Crippen LogP contribution in [0, 0.1) is 6.92 Å². The lowest BCUT2D eigenvalue weighted by Crippen LogP contribution is -2.47. The van der Waals surface area contributed by atoms with Crippen molar-refractivity contribution in [1.82, 2.24) is 29.9 Å². The first-order valence-electron chi connectivity index (χ1n) is 9.34. The van der Waals surface area contributed by atoms with Crippen molar-refractivity contribution in [2.75, 3.05) is 36.0 Å². The van der Waals surface area contributed by atoms with Gasteiger partial charge in [-0.05, 0) is 37.3 Å². The van der Waals surface area contributed by atoms with Crippen LogP contribution in [-0.4, -0.2) is 56.1 Å². The van der Waals surface area contributed by atoms with Crippen molar-refractivity contribution in [3.8, 4) is 5.82 Å². The number of aromatic nitrogens is 6. The Kier molecular flexibility index (Phi) is 4.08. The third kappa shape index (κ3) is 3.02. The molecule has 0 atom stereocenters. The van der Waals surface area contributed by atoms with Crippen LogP contribution in [0.25, 0.3) is 16.7 Å². The lowest BCUT2D eigenvalue weighted by atomic mass is 10.2. The molecule has 1 aliphatic rings. The van der Waals surface area contributed by atoms with Gasteiger partial charge in [0, 0.05) is 37.8 Å². The molecule has 8 nitrogen and oxygen atoms in total. The van der Waals surface area contributed by atoms with E-state index < -0.39 is 0 Å². The van der Waals surface area contributed by atoms with E-state index in [4.69, 9.17) is 0 Å². The zero-order valence-corrected chi connectivity index (χ0v) is 15.6. The van der Waals surface area contributed by atoms with Crippen LogP contribution in [0.2, 0.25) is 0 Å². The molecule has 140 valence electrons. The molecule has 0 radical (unpaired) electrons. The molecule has 0 aliphatic carbocycles. The van der Waals surface area contributed by atoms with Gasteiger partial charge in [-0.3, -0.25) is 0 Å². The fourth-order valence-electron chi connectivity index (χ4n) is 3.54. The highest BCUT2D eigenvalue weighted by molar-refractivity contribution is 5.89. The molecule has 4 heterocycles. The highest BCUT2D eigenvalue weighted by Crippen LogP contribution is 2.24. The summed E-state index contributed by atoms with van der Waals surface area (Å²) >= 11 is 0. The summed E-state index contributed by atoms with van der Waals surface area (Å²) in [5, 5.41) is 14.2. The highest BCUT2D eigenvalue weighted by Gasteiger charge is 2.21. The topological polar surface area (TPSA) is 75.9 Å². The number of para-hydroxylation sites is 1. The Morgan fingerprint density at radius 1 is 0.786 bits per heavy atom. The zero-order valence-electron chi connectivity index (χ0n) is 15.6. The quantitative estimate of drug-likeness (QED) is 0.546. The number of hydrogen-bond acceptors (Lipinski definition) is 7. The van der Waals surface area contributed by atoms with Gasteiger partial charge in [0.05, 0.1) is 11.2 Å². The van der Waals surface area contributed by atoms with Crippen LogP contribution in [0.1, 0.15) is 5.69 Å². The molecule has 0 spiro atoms. The summed E-state index contributed by atoms with van der Waals surface area (Å²) in [6.07, 6.45) is 3.54. The molecule has 8 heteroatoms. The van der Waals surface area contributed by atoms with Gasteiger partial charge in [-0.15, -0.1) is 10.2 Å². The lowest BCUT2D eigenvalue weighted by molar-refractivity contribution is 0.638. The van der Waals surface area contributed by atoms with Crippen LogP contribution in [-0.2, 0) is 0 Å². The van der Waals surface area contributed by atoms with Gasteiger partial charge in [-0.1, -0.05) is 12.1 Å². The molecule has 0 amide bonds. The van der Waals surface area contributed by atoms with Gasteiger partial charge in [0.1, 0.15) is 12.1 Å². The van der Waals surface area contributed by atoms with Crippen LogP contribution in [0.15, 0.2) is 55.0 Å². The van der Waals surface area contributed by atoms with Gasteiger partial charge < -0.3 is 9.80 Å². The molecule has 4 aromatic rings. The monoisotopic (exact) mass is 372 g/mol. The molecular weight excluding hydrogens is 352 g/mol. The fraction of sp³-hybridized carbons (Fsp3) is 0.250. The predicted octanol–water partition coefficient (Wildman–Crippen LogP) is 2.24. The molecule has 5 rings (SSSR count). The van der Waals surface area contributed by atoms with E-state index in [0.717, 1.165) is 60.2 Å². The maximum Gasteiger partial charge on any atom is 0.175 e. The summed E-state index contributed by atoms with van der Waals surface area (Å²) in [5.74, 6) is 2.61. The average Bonchev–Trinajstić information content (AvgIpc) is 3.20. The SMILES string of the molecule is Cc1ccn(-c2ccc(N3CCN(c4ncnc5ccccc45)CC3)nn2)n1. The first-order chi connectivity index (χ1) is 13.8. The molecule has 1 fully saturated rings. The van der Waals surface area contributed by atoms with E-state index in [1.165, 1.54) is 0 Å². The maximum atomic E-state index is 4.53. The Balaban J connectivity index is 1.30. The largest absolute Gasteiger partial charge is 0.352 e. The number of benzene rings is 1. The van der Waals surface area contributed by atoms with E-state index in [-0.39, 0.29) is 0 Å². The van der Waals surface area contributed by atoms with Gasteiger partial charge in [0.2, 0.25) is 0 Å². The molecule has 0 saturated carbocycles. The molecule has 28 heavy (non-hydrogen) atoms. The first-order valence-corrected chi connectivity index (χ1v) is 9.34. The molecule has 3 aromatic heterocycles. The number of rotatable bonds is 3. The first kappa shape index (κ1) is 16.6. The minimum atomic E-state index is 0.725. The van der Waals surface area contributed by atoms with Crippen molar-refractivity contribution in [3.05, 3.63) is 60.7 Å². The van der Waals surface area contributed by atoms with Crippen LogP contribution >= 0.6 is 0 Å². The number of nitrogens with zero attached hydrogens (tertiary/aromatic N) is 8. The lowest BCUT2D eigenvalue weighted by Gasteiger charge is -2.36. The minimum absolute atomic E-state index is 0.725. The van der Waals surface area contributed by atoms with Crippen LogP contribution in [0.3, 0.4) is 0 Å². The molecule has 1 saturated heterocycles.